The molecule has 32 heavy (non-hydrogen) atoms. The smallest absolute Gasteiger partial charge is 0.261 e. The number of nitrogens with zero attached hydrogens (tertiary/aromatic N) is 2. The summed E-state index contributed by atoms with van der Waals surface area (Å²) in [5, 5.41) is 3.03. The largest absolute Gasteiger partial charge is 0.372 e. The first-order valence-electron chi connectivity index (χ1n) is 11.5. The van der Waals surface area contributed by atoms with Gasteiger partial charge in [0, 0.05) is 31.7 Å². The van der Waals surface area contributed by atoms with E-state index in [0.717, 1.165) is 24.6 Å². The lowest BCUT2D eigenvalue weighted by molar-refractivity contribution is -0.121. The molecule has 0 unspecified atom stereocenters. The summed E-state index contributed by atoms with van der Waals surface area (Å²) in [5.41, 5.74) is 3.18. The van der Waals surface area contributed by atoms with Crippen molar-refractivity contribution in [2.24, 2.45) is 5.92 Å². The number of piperidine rings is 1. The molecule has 168 valence electrons. The van der Waals surface area contributed by atoms with Gasteiger partial charge in [0.05, 0.1) is 17.2 Å². The van der Waals surface area contributed by atoms with Gasteiger partial charge in [-0.05, 0) is 61.9 Å². The number of fused-ring (bicyclic) bond motifs is 1. The summed E-state index contributed by atoms with van der Waals surface area (Å²) < 4.78 is 0. The van der Waals surface area contributed by atoms with Gasteiger partial charge in [0.25, 0.3) is 11.8 Å². The Kier molecular flexibility index (Phi) is 6.58. The Bertz CT molecular complexity index is 959. The Hall–Kier alpha value is -3.15. The van der Waals surface area contributed by atoms with E-state index >= 15 is 0 Å². The second kappa shape index (κ2) is 9.55. The van der Waals surface area contributed by atoms with Gasteiger partial charge in [0.1, 0.15) is 0 Å². The minimum atomic E-state index is -0.275. The molecule has 1 saturated heterocycles. The zero-order valence-corrected chi connectivity index (χ0v) is 18.8. The number of anilines is 1. The Morgan fingerprint density at radius 1 is 1.00 bits per heavy atom. The summed E-state index contributed by atoms with van der Waals surface area (Å²) in [4.78, 5) is 40.9. The van der Waals surface area contributed by atoms with Crippen LogP contribution in [0.15, 0.2) is 48.5 Å². The first-order chi connectivity index (χ1) is 15.4. The normalized spacial score (nSPS) is 17.4. The number of nitrogens with one attached hydrogen (secondary N) is 1. The lowest BCUT2D eigenvalue weighted by Crippen LogP contribution is -2.33. The Morgan fingerprint density at radius 2 is 1.59 bits per heavy atom. The average Bonchev–Trinajstić information content (AvgIpc) is 3.05. The van der Waals surface area contributed by atoms with Crippen LogP contribution in [0.4, 0.5) is 5.69 Å². The minimum absolute atomic E-state index is 0.0804. The number of hydrogen-bond acceptors (Lipinski definition) is 4. The van der Waals surface area contributed by atoms with E-state index in [1.165, 1.54) is 23.4 Å². The molecule has 6 heteroatoms. The van der Waals surface area contributed by atoms with Crippen LogP contribution in [0.1, 0.15) is 71.9 Å². The highest BCUT2D eigenvalue weighted by atomic mass is 16.2. The SMILES string of the molecule is CC1CCN(c2ccc([C@H](C)NC(=O)CCCN3C(=O)c4ccccc4C3=O)cc2)CC1. The predicted molar refractivity (Wildman–Crippen MR) is 125 cm³/mol. The van der Waals surface area contributed by atoms with E-state index in [9.17, 15) is 14.4 Å². The molecule has 2 aromatic rings. The second-order valence-electron chi connectivity index (χ2n) is 8.96. The van der Waals surface area contributed by atoms with Crippen LogP contribution in [-0.4, -0.2) is 42.3 Å². The molecule has 0 aromatic heterocycles. The molecule has 1 N–H and O–H groups in total. The van der Waals surface area contributed by atoms with Crippen LogP contribution in [0.5, 0.6) is 0 Å². The first kappa shape index (κ1) is 22.1. The van der Waals surface area contributed by atoms with Gasteiger partial charge in [-0.2, -0.15) is 0 Å². The fourth-order valence-corrected chi connectivity index (χ4v) is 4.48. The third-order valence-electron chi connectivity index (χ3n) is 6.58. The molecule has 4 rings (SSSR count). The minimum Gasteiger partial charge on any atom is -0.372 e. The number of carbonyl (C=O) groups excluding carboxylic acids is 3. The zero-order valence-electron chi connectivity index (χ0n) is 18.8. The highest BCUT2D eigenvalue weighted by Gasteiger charge is 2.34. The molecule has 0 saturated carbocycles. The van der Waals surface area contributed by atoms with E-state index in [-0.39, 0.29) is 36.7 Å². The van der Waals surface area contributed by atoms with Gasteiger partial charge in [-0.15, -0.1) is 0 Å². The molecule has 0 aliphatic carbocycles. The topological polar surface area (TPSA) is 69.7 Å². The van der Waals surface area contributed by atoms with E-state index in [1.807, 2.05) is 6.92 Å². The monoisotopic (exact) mass is 433 g/mol. The molecule has 2 aromatic carbocycles. The van der Waals surface area contributed by atoms with Crippen molar-refractivity contribution in [3.05, 3.63) is 65.2 Å². The van der Waals surface area contributed by atoms with E-state index < -0.39 is 0 Å². The van der Waals surface area contributed by atoms with Gasteiger partial charge in [-0.1, -0.05) is 31.2 Å². The molecule has 0 radical (unpaired) electrons. The van der Waals surface area contributed by atoms with Gasteiger partial charge in [-0.3, -0.25) is 19.3 Å². The quantitative estimate of drug-likeness (QED) is 0.665. The number of benzene rings is 2. The maximum absolute atomic E-state index is 12.4. The Morgan fingerprint density at radius 3 is 2.19 bits per heavy atom. The molecule has 2 aliphatic heterocycles. The molecule has 3 amide bonds. The van der Waals surface area contributed by atoms with Crippen LogP contribution < -0.4 is 10.2 Å². The van der Waals surface area contributed by atoms with Gasteiger partial charge >= 0.3 is 0 Å². The third kappa shape index (κ3) is 4.69. The van der Waals surface area contributed by atoms with Crippen LogP contribution in [0.3, 0.4) is 0 Å². The standard InChI is InChI=1S/C26H31N3O3/c1-18-13-16-28(17-14-18)21-11-9-20(10-12-21)19(2)27-24(30)8-5-15-29-25(31)22-6-3-4-7-23(22)26(29)32/h3-4,6-7,9-12,18-19H,5,8,13-17H2,1-2H3,(H,27,30)/t19-/m0/s1. The Labute approximate surface area is 189 Å². The van der Waals surface area contributed by atoms with Crippen LogP contribution in [0, 0.1) is 5.92 Å². The van der Waals surface area contributed by atoms with E-state index in [4.69, 9.17) is 0 Å². The van der Waals surface area contributed by atoms with Gasteiger partial charge in [0.2, 0.25) is 5.91 Å². The molecular formula is C26H31N3O3. The summed E-state index contributed by atoms with van der Waals surface area (Å²) >= 11 is 0. The van der Waals surface area contributed by atoms with Crippen molar-refractivity contribution >= 4 is 23.4 Å². The summed E-state index contributed by atoms with van der Waals surface area (Å²) in [7, 11) is 0. The van der Waals surface area contributed by atoms with Crippen molar-refractivity contribution < 1.29 is 14.4 Å². The molecule has 2 heterocycles. The van der Waals surface area contributed by atoms with E-state index in [2.05, 4.69) is 41.4 Å². The maximum atomic E-state index is 12.4. The van der Waals surface area contributed by atoms with Crippen molar-refractivity contribution in [1.29, 1.82) is 0 Å². The molecule has 0 spiro atoms. The molecule has 1 atom stereocenters. The summed E-state index contributed by atoms with van der Waals surface area (Å²) in [6, 6.07) is 15.2. The highest BCUT2D eigenvalue weighted by Crippen LogP contribution is 2.25. The second-order valence-corrected chi connectivity index (χ2v) is 8.96. The number of amides is 3. The molecule has 6 nitrogen and oxygen atoms in total. The molecular weight excluding hydrogens is 402 g/mol. The Balaban J connectivity index is 1.24. The van der Waals surface area contributed by atoms with Gasteiger partial charge < -0.3 is 10.2 Å². The molecule has 0 bridgehead atoms. The van der Waals surface area contributed by atoms with E-state index in [1.54, 1.807) is 24.3 Å². The van der Waals surface area contributed by atoms with Crippen LogP contribution in [-0.2, 0) is 4.79 Å². The first-order valence-corrected chi connectivity index (χ1v) is 11.5. The van der Waals surface area contributed by atoms with Crippen molar-refractivity contribution in [3.8, 4) is 0 Å². The lowest BCUT2D eigenvalue weighted by Gasteiger charge is -2.32. The number of imide groups is 1. The lowest BCUT2D eigenvalue weighted by atomic mass is 9.98. The number of rotatable bonds is 7. The van der Waals surface area contributed by atoms with Crippen molar-refractivity contribution in [2.75, 3.05) is 24.5 Å². The van der Waals surface area contributed by atoms with Crippen LogP contribution >= 0.6 is 0 Å². The third-order valence-corrected chi connectivity index (χ3v) is 6.58. The van der Waals surface area contributed by atoms with Crippen molar-refractivity contribution in [2.45, 2.75) is 45.6 Å². The fourth-order valence-electron chi connectivity index (χ4n) is 4.48. The maximum Gasteiger partial charge on any atom is 0.261 e. The highest BCUT2D eigenvalue weighted by molar-refractivity contribution is 6.21. The zero-order chi connectivity index (χ0) is 22.7. The van der Waals surface area contributed by atoms with Crippen molar-refractivity contribution in [3.63, 3.8) is 0 Å². The van der Waals surface area contributed by atoms with Gasteiger partial charge in [-0.25, -0.2) is 0 Å². The van der Waals surface area contributed by atoms with E-state index in [0.29, 0.717) is 17.5 Å². The van der Waals surface area contributed by atoms with Gasteiger partial charge in [0.15, 0.2) is 0 Å². The number of carbonyl (C=O) groups is 3. The van der Waals surface area contributed by atoms with Crippen molar-refractivity contribution in [1.82, 2.24) is 10.2 Å². The molecule has 1 fully saturated rings. The summed E-state index contributed by atoms with van der Waals surface area (Å²) in [5.74, 6) is 0.172. The summed E-state index contributed by atoms with van der Waals surface area (Å²) in [6.45, 7) is 6.72. The van der Waals surface area contributed by atoms with Crippen LogP contribution in [0.2, 0.25) is 0 Å². The van der Waals surface area contributed by atoms with Crippen LogP contribution in [0.25, 0.3) is 0 Å². The number of hydrogen-bond donors (Lipinski definition) is 1. The summed E-state index contributed by atoms with van der Waals surface area (Å²) in [6.07, 6.45) is 3.17. The fraction of sp³-hybridized carbons (Fsp3) is 0.423. The average molecular weight is 434 g/mol. The predicted octanol–water partition coefficient (Wildman–Crippen LogP) is 4.18. The molecule has 2 aliphatic rings.